The molecule has 0 spiro atoms. The largest absolute Gasteiger partial charge is 0.480 e. The van der Waals surface area contributed by atoms with Crippen LogP contribution in [0.1, 0.15) is 35.2 Å². The summed E-state index contributed by atoms with van der Waals surface area (Å²) in [5, 5.41) is 8.33. The number of carbonyl (C=O) groups excluding carboxylic acids is 1. The highest BCUT2D eigenvalue weighted by atomic mass is 16.4. The third-order valence-corrected chi connectivity index (χ3v) is 2.50. The van der Waals surface area contributed by atoms with E-state index in [0.29, 0.717) is 13.0 Å². The fourth-order valence-corrected chi connectivity index (χ4v) is 1.28. The van der Waals surface area contributed by atoms with Gasteiger partial charge in [0.15, 0.2) is 0 Å². The number of carboxylic acid groups (broad SMARTS) is 1. The number of hydrogen-bond acceptors (Lipinski definition) is 4. The number of carboxylic acids is 1. The van der Waals surface area contributed by atoms with Crippen molar-refractivity contribution in [2.24, 2.45) is 11.5 Å². The van der Waals surface area contributed by atoms with E-state index in [4.69, 9.17) is 16.6 Å². The zero-order valence-electron chi connectivity index (χ0n) is 11.2. The Balaban J connectivity index is 0.000000342. The number of rotatable bonds is 6. The number of carbonyl (C=O) groups is 2. The minimum Gasteiger partial charge on any atom is -0.480 e. The van der Waals surface area contributed by atoms with Gasteiger partial charge in [-0.1, -0.05) is 36.2 Å². The predicted molar refractivity (Wildman–Crippen MR) is 75.1 cm³/mol. The van der Waals surface area contributed by atoms with Crippen LogP contribution in [0.15, 0.2) is 24.3 Å². The maximum atomic E-state index is 10.1. The van der Waals surface area contributed by atoms with Crippen LogP contribution >= 0.6 is 0 Å². The summed E-state index contributed by atoms with van der Waals surface area (Å²) in [5.41, 5.74) is 12.3. The first-order valence-corrected chi connectivity index (χ1v) is 6.21. The third-order valence-electron chi connectivity index (χ3n) is 2.50. The second-order valence-electron chi connectivity index (χ2n) is 4.26. The Hall–Kier alpha value is -1.72. The standard InChI is InChI=1S/C8H8O.C6H14N2O2/c1-7-2-4-8(6-9)5-3-7;7-4-2-1-3-5(8)6(9)10/h2-6H,1H3;5H,1-4,7-8H2,(H,9,10)/t;5-/m.0/s1. The lowest BCUT2D eigenvalue weighted by Gasteiger charge is -2.03. The summed E-state index contributed by atoms with van der Waals surface area (Å²) < 4.78 is 0. The van der Waals surface area contributed by atoms with E-state index in [9.17, 15) is 9.59 Å². The van der Waals surface area contributed by atoms with Gasteiger partial charge < -0.3 is 16.6 Å². The maximum Gasteiger partial charge on any atom is 0.320 e. The highest BCUT2D eigenvalue weighted by molar-refractivity contribution is 5.74. The van der Waals surface area contributed by atoms with Gasteiger partial charge in [-0.25, -0.2) is 0 Å². The second-order valence-corrected chi connectivity index (χ2v) is 4.26. The van der Waals surface area contributed by atoms with Crippen molar-refractivity contribution < 1.29 is 14.7 Å². The Bertz CT molecular complexity index is 377. The number of aliphatic carboxylic acids is 1. The van der Waals surface area contributed by atoms with E-state index in [1.165, 1.54) is 5.56 Å². The summed E-state index contributed by atoms with van der Waals surface area (Å²) in [4.78, 5) is 20.3. The van der Waals surface area contributed by atoms with Gasteiger partial charge in [0.1, 0.15) is 12.3 Å². The van der Waals surface area contributed by atoms with Crippen molar-refractivity contribution in [3.05, 3.63) is 35.4 Å². The van der Waals surface area contributed by atoms with Crippen molar-refractivity contribution in [3.8, 4) is 0 Å². The van der Waals surface area contributed by atoms with Crippen LogP contribution in [0.25, 0.3) is 0 Å². The molecule has 0 saturated heterocycles. The molecular weight excluding hydrogens is 244 g/mol. The maximum absolute atomic E-state index is 10.1. The van der Waals surface area contributed by atoms with E-state index in [2.05, 4.69) is 0 Å². The van der Waals surface area contributed by atoms with Gasteiger partial charge in [-0.15, -0.1) is 0 Å². The molecule has 0 bridgehead atoms. The van der Waals surface area contributed by atoms with Crippen molar-refractivity contribution in [2.75, 3.05) is 6.54 Å². The first kappa shape index (κ1) is 17.3. The van der Waals surface area contributed by atoms with Crippen molar-refractivity contribution in [3.63, 3.8) is 0 Å². The number of aryl methyl sites for hydroxylation is 1. The van der Waals surface area contributed by atoms with E-state index in [1.54, 1.807) is 0 Å². The zero-order chi connectivity index (χ0) is 14.7. The van der Waals surface area contributed by atoms with Crippen molar-refractivity contribution >= 4 is 12.3 Å². The number of nitrogens with two attached hydrogens (primary N) is 2. The molecule has 1 aromatic rings. The predicted octanol–water partition coefficient (Wildman–Crippen LogP) is 1.33. The van der Waals surface area contributed by atoms with E-state index in [0.717, 1.165) is 24.7 Å². The summed E-state index contributed by atoms with van der Waals surface area (Å²) in [6.45, 7) is 2.60. The SMILES string of the molecule is Cc1ccc(C=O)cc1.NCCCC[C@H](N)C(=O)O. The Morgan fingerprint density at radius 1 is 1.32 bits per heavy atom. The summed E-state index contributed by atoms with van der Waals surface area (Å²) in [5.74, 6) is -0.933. The molecule has 0 saturated carbocycles. The highest BCUT2D eigenvalue weighted by Gasteiger charge is 2.09. The number of aldehydes is 1. The van der Waals surface area contributed by atoms with Crippen molar-refractivity contribution in [1.82, 2.24) is 0 Å². The summed E-state index contributed by atoms with van der Waals surface area (Å²) in [7, 11) is 0. The molecule has 5 heteroatoms. The molecule has 1 atom stereocenters. The molecule has 0 aliphatic heterocycles. The quantitative estimate of drug-likeness (QED) is 0.532. The average molecular weight is 266 g/mol. The molecule has 19 heavy (non-hydrogen) atoms. The van der Waals surface area contributed by atoms with E-state index in [1.807, 2.05) is 31.2 Å². The van der Waals surface area contributed by atoms with Crippen LogP contribution in [-0.4, -0.2) is 29.9 Å². The Kier molecular flexibility index (Phi) is 9.30. The molecule has 5 N–H and O–H groups in total. The van der Waals surface area contributed by atoms with Crippen LogP contribution in [-0.2, 0) is 4.79 Å². The molecule has 5 nitrogen and oxygen atoms in total. The lowest BCUT2D eigenvalue weighted by Crippen LogP contribution is -2.29. The van der Waals surface area contributed by atoms with Gasteiger partial charge in [-0.05, 0) is 26.3 Å². The first-order chi connectivity index (χ1) is 9.01. The lowest BCUT2D eigenvalue weighted by atomic mass is 10.1. The molecule has 1 aromatic carbocycles. The lowest BCUT2D eigenvalue weighted by molar-refractivity contribution is -0.138. The average Bonchev–Trinajstić information content (AvgIpc) is 2.40. The minimum atomic E-state index is -0.933. The molecule has 0 heterocycles. The van der Waals surface area contributed by atoms with Gasteiger partial charge in [0, 0.05) is 5.56 Å². The summed E-state index contributed by atoms with van der Waals surface area (Å²) >= 11 is 0. The van der Waals surface area contributed by atoms with Gasteiger partial charge in [0.25, 0.3) is 0 Å². The van der Waals surface area contributed by atoms with Crippen LogP contribution in [0.2, 0.25) is 0 Å². The summed E-state index contributed by atoms with van der Waals surface area (Å²) in [6.07, 6.45) is 3.01. The topological polar surface area (TPSA) is 106 Å². The van der Waals surface area contributed by atoms with E-state index >= 15 is 0 Å². The first-order valence-electron chi connectivity index (χ1n) is 6.21. The van der Waals surface area contributed by atoms with Crippen LogP contribution in [0.5, 0.6) is 0 Å². The molecule has 0 aromatic heterocycles. The molecular formula is C14H22N2O3. The van der Waals surface area contributed by atoms with Gasteiger partial charge in [0.2, 0.25) is 0 Å². The van der Waals surface area contributed by atoms with Crippen LogP contribution in [0.3, 0.4) is 0 Å². The van der Waals surface area contributed by atoms with Gasteiger partial charge in [-0.2, -0.15) is 0 Å². The normalized spacial score (nSPS) is 11.1. The van der Waals surface area contributed by atoms with Crippen molar-refractivity contribution in [1.29, 1.82) is 0 Å². The molecule has 106 valence electrons. The van der Waals surface area contributed by atoms with E-state index in [-0.39, 0.29) is 0 Å². The molecule has 0 amide bonds. The summed E-state index contributed by atoms with van der Waals surface area (Å²) in [6, 6.07) is 6.74. The fourth-order valence-electron chi connectivity index (χ4n) is 1.28. The Labute approximate surface area is 113 Å². The Morgan fingerprint density at radius 3 is 2.32 bits per heavy atom. The van der Waals surface area contributed by atoms with Crippen molar-refractivity contribution in [2.45, 2.75) is 32.2 Å². The minimum absolute atomic E-state index is 0.520. The highest BCUT2D eigenvalue weighted by Crippen LogP contribution is 1.99. The third kappa shape index (κ3) is 8.93. The number of hydrogen-bond donors (Lipinski definition) is 3. The monoisotopic (exact) mass is 266 g/mol. The second kappa shape index (κ2) is 10.2. The Morgan fingerprint density at radius 2 is 1.89 bits per heavy atom. The van der Waals surface area contributed by atoms with E-state index < -0.39 is 12.0 Å². The molecule has 0 unspecified atom stereocenters. The van der Waals surface area contributed by atoms with Crippen LogP contribution in [0.4, 0.5) is 0 Å². The number of unbranched alkanes of at least 4 members (excludes halogenated alkanes) is 1. The van der Waals surface area contributed by atoms with Gasteiger partial charge in [-0.3, -0.25) is 9.59 Å². The van der Waals surface area contributed by atoms with Gasteiger partial charge in [0.05, 0.1) is 0 Å². The fraction of sp³-hybridized carbons (Fsp3) is 0.429. The molecule has 0 aliphatic rings. The molecule has 1 rings (SSSR count). The molecule has 0 radical (unpaired) electrons. The number of benzene rings is 1. The molecule has 0 fully saturated rings. The van der Waals surface area contributed by atoms with Gasteiger partial charge >= 0.3 is 5.97 Å². The zero-order valence-corrected chi connectivity index (χ0v) is 11.2. The smallest absolute Gasteiger partial charge is 0.320 e. The van der Waals surface area contributed by atoms with Crippen LogP contribution < -0.4 is 11.5 Å². The molecule has 0 aliphatic carbocycles. The van der Waals surface area contributed by atoms with Crippen LogP contribution in [0, 0.1) is 6.92 Å².